The second-order valence-electron chi connectivity index (χ2n) is 5.67. The van der Waals surface area contributed by atoms with Crippen LogP contribution in [-0.2, 0) is 0 Å². The molecule has 1 aromatic heterocycles. The Morgan fingerprint density at radius 3 is 1.85 bits per heavy atom. The summed E-state index contributed by atoms with van der Waals surface area (Å²) in [6.07, 6.45) is 5.02. The third-order valence-electron chi connectivity index (χ3n) is 4.51. The molecule has 2 heteroatoms. The van der Waals surface area contributed by atoms with Crippen molar-refractivity contribution in [3.63, 3.8) is 0 Å². The molecule has 0 N–H and O–H groups in total. The lowest BCUT2D eigenvalue weighted by Gasteiger charge is -2.21. The first-order valence-corrected chi connectivity index (χ1v) is 7.38. The molecule has 1 aliphatic carbocycles. The summed E-state index contributed by atoms with van der Waals surface area (Å²) in [6.45, 7) is 0. The second kappa shape index (κ2) is 4.48. The minimum Gasteiger partial charge on any atom is -0.337 e. The third-order valence-corrected chi connectivity index (χ3v) is 4.51. The van der Waals surface area contributed by atoms with Crippen LogP contribution in [0.15, 0.2) is 53.3 Å². The van der Waals surface area contributed by atoms with Gasteiger partial charge in [0.05, 0.1) is 11.0 Å². The van der Waals surface area contributed by atoms with Crippen LogP contribution in [0.4, 0.5) is 0 Å². The smallest absolute Gasteiger partial charge is 0.197 e. The highest BCUT2D eigenvalue weighted by Crippen LogP contribution is 2.34. The Morgan fingerprint density at radius 2 is 1.30 bits per heavy atom. The van der Waals surface area contributed by atoms with Crippen molar-refractivity contribution < 1.29 is 0 Å². The van der Waals surface area contributed by atoms with E-state index < -0.39 is 0 Å². The van der Waals surface area contributed by atoms with Crippen molar-refractivity contribution in [1.82, 2.24) is 4.57 Å². The highest BCUT2D eigenvalue weighted by atomic mass is 16.1. The van der Waals surface area contributed by atoms with Crippen LogP contribution in [0.5, 0.6) is 0 Å². The zero-order valence-electron chi connectivity index (χ0n) is 11.4. The van der Waals surface area contributed by atoms with Gasteiger partial charge >= 0.3 is 0 Å². The van der Waals surface area contributed by atoms with E-state index in [4.69, 9.17) is 0 Å². The standard InChI is InChI=1S/C18H17NO/c20-18-14-9-3-5-11-16(14)19(13-7-1-2-8-13)17-12-6-4-10-15(17)18/h3-6,9-13H,1-2,7-8H2. The Bertz CT molecular complexity index is 781. The number of nitrogens with zero attached hydrogens (tertiary/aromatic N) is 1. The number of pyridine rings is 1. The summed E-state index contributed by atoms with van der Waals surface area (Å²) in [5, 5.41) is 1.69. The number of aromatic nitrogens is 1. The summed E-state index contributed by atoms with van der Waals surface area (Å²) in [5.74, 6) is 0. The van der Waals surface area contributed by atoms with Gasteiger partial charge in [-0.2, -0.15) is 0 Å². The van der Waals surface area contributed by atoms with Crippen LogP contribution in [0, 0.1) is 0 Å². The van der Waals surface area contributed by atoms with Crippen LogP contribution in [0.1, 0.15) is 31.7 Å². The molecule has 0 aliphatic heterocycles. The number of fused-ring (bicyclic) bond motifs is 2. The minimum absolute atomic E-state index is 0.158. The molecule has 1 aliphatic rings. The van der Waals surface area contributed by atoms with Crippen molar-refractivity contribution in [3.05, 3.63) is 58.8 Å². The van der Waals surface area contributed by atoms with Crippen LogP contribution >= 0.6 is 0 Å². The van der Waals surface area contributed by atoms with Gasteiger partial charge in [-0.25, -0.2) is 0 Å². The maximum Gasteiger partial charge on any atom is 0.197 e. The van der Waals surface area contributed by atoms with Crippen molar-refractivity contribution in [3.8, 4) is 0 Å². The molecule has 2 aromatic carbocycles. The number of hydrogen-bond acceptors (Lipinski definition) is 1. The number of para-hydroxylation sites is 2. The van der Waals surface area contributed by atoms with E-state index in [1.54, 1.807) is 0 Å². The normalized spacial score (nSPS) is 16.2. The lowest BCUT2D eigenvalue weighted by Crippen LogP contribution is -2.14. The Kier molecular flexibility index (Phi) is 2.62. The van der Waals surface area contributed by atoms with Gasteiger partial charge in [0, 0.05) is 16.8 Å². The molecule has 4 rings (SSSR count). The van der Waals surface area contributed by atoms with Crippen molar-refractivity contribution in [1.29, 1.82) is 0 Å². The Hall–Kier alpha value is -2.09. The van der Waals surface area contributed by atoms with Crippen LogP contribution in [0.25, 0.3) is 21.8 Å². The number of benzene rings is 2. The van der Waals surface area contributed by atoms with Gasteiger partial charge in [-0.3, -0.25) is 4.79 Å². The molecule has 1 heterocycles. The summed E-state index contributed by atoms with van der Waals surface area (Å²) in [6, 6.07) is 16.6. The molecule has 0 saturated heterocycles. The second-order valence-corrected chi connectivity index (χ2v) is 5.67. The van der Waals surface area contributed by atoms with E-state index >= 15 is 0 Å². The van der Waals surface area contributed by atoms with Crippen LogP contribution in [0.2, 0.25) is 0 Å². The predicted molar refractivity (Wildman–Crippen MR) is 83.2 cm³/mol. The van der Waals surface area contributed by atoms with Crippen LogP contribution in [0.3, 0.4) is 0 Å². The van der Waals surface area contributed by atoms with Gasteiger partial charge in [-0.1, -0.05) is 37.1 Å². The van der Waals surface area contributed by atoms with Crippen LogP contribution in [-0.4, -0.2) is 4.57 Å². The van der Waals surface area contributed by atoms with E-state index in [2.05, 4.69) is 16.7 Å². The quantitative estimate of drug-likeness (QED) is 0.601. The molecule has 0 radical (unpaired) electrons. The van der Waals surface area contributed by atoms with Crippen molar-refractivity contribution >= 4 is 21.8 Å². The molecule has 0 spiro atoms. The fourth-order valence-corrected chi connectivity index (χ4v) is 3.58. The molecular formula is C18H17NO. The third kappa shape index (κ3) is 1.61. The lowest BCUT2D eigenvalue weighted by atomic mass is 10.1. The SMILES string of the molecule is O=c1c2ccccc2n(C2CCCC2)c2ccccc12. The minimum atomic E-state index is 0.158. The fourth-order valence-electron chi connectivity index (χ4n) is 3.58. The molecule has 2 nitrogen and oxygen atoms in total. The van der Waals surface area contributed by atoms with Gasteiger partial charge < -0.3 is 4.57 Å². The topological polar surface area (TPSA) is 22.0 Å². The molecule has 0 unspecified atom stereocenters. The van der Waals surface area contributed by atoms with Gasteiger partial charge in [0.2, 0.25) is 0 Å². The first kappa shape index (κ1) is 11.7. The van der Waals surface area contributed by atoms with Crippen molar-refractivity contribution in [2.24, 2.45) is 0 Å². The molecule has 0 amide bonds. The highest BCUT2D eigenvalue weighted by Gasteiger charge is 2.20. The molecule has 1 saturated carbocycles. The highest BCUT2D eigenvalue weighted by molar-refractivity contribution is 5.93. The van der Waals surface area contributed by atoms with E-state index in [1.165, 1.54) is 25.7 Å². The first-order chi connectivity index (χ1) is 9.86. The zero-order valence-corrected chi connectivity index (χ0v) is 11.4. The van der Waals surface area contributed by atoms with Gasteiger partial charge in [0.1, 0.15) is 0 Å². The largest absolute Gasteiger partial charge is 0.337 e. The first-order valence-electron chi connectivity index (χ1n) is 7.38. The maximum atomic E-state index is 12.6. The Labute approximate surface area is 117 Å². The number of rotatable bonds is 1. The average molecular weight is 263 g/mol. The molecule has 1 fully saturated rings. The Balaban J connectivity index is 2.21. The summed E-state index contributed by atoms with van der Waals surface area (Å²) < 4.78 is 2.40. The predicted octanol–water partition coefficient (Wildman–Crippen LogP) is 4.27. The lowest BCUT2D eigenvalue weighted by molar-refractivity contribution is 0.548. The van der Waals surface area contributed by atoms with E-state index in [0.29, 0.717) is 6.04 Å². The van der Waals surface area contributed by atoms with E-state index in [-0.39, 0.29) is 5.43 Å². The Morgan fingerprint density at radius 1 is 0.800 bits per heavy atom. The molecule has 100 valence electrons. The summed E-state index contributed by atoms with van der Waals surface area (Å²) >= 11 is 0. The molecule has 0 atom stereocenters. The van der Waals surface area contributed by atoms with E-state index in [1.807, 2.05) is 36.4 Å². The molecular weight excluding hydrogens is 246 g/mol. The average Bonchev–Trinajstić information content (AvgIpc) is 3.02. The monoisotopic (exact) mass is 263 g/mol. The fraction of sp³-hybridized carbons (Fsp3) is 0.278. The van der Waals surface area contributed by atoms with Gasteiger partial charge in [-0.05, 0) is 37.1 Å². The van der Waals surface area contributed by atoms with Crippen LogP contribution < -0.4 is 5.43 Å². The van der Waals surface area contributed by atoms with E-state index in [0.717, 1.165) is 21.8 Å². The summed E-state index contributed by atoms with van der Waals surface area (Å²) in [7, 11) is 0. The molecule has 3 aromatic rings. The number of hydrogen-bond donors (Lipinski definition) is 0. The van der Waals surface area contributed by atoms with Gasteiger partial charge in [-0.15, -0.1) is 0 Å². The van der Waals surface area contributed by atoms with Gasteiger partial charge in [0.25, 0.3) is 0 Å². The van der Waals surface area contributed by atoms with E-state index in [9.17, 15) is 4.79 Å². The van der Waals surface area contributed by atoms with Crippen molar-refractivity contribution in [2.75, 3.05) is 0 Å². The molecule has 0 bridgehead atoms. The zero-order chi connectivity index (χ0) is 13.5. The molecule has 20 heavy (non-hydrogen) atoms. The van der Waals surface area contributed by atoms with Gasteiger partial charge in [0.15, 0.2) is 5.43 Å². The summed E-state index contributed by atoms with van der Waals surface area (Å²) in [4.78, 5) is 12.6. The summed E-state index contributed by atoms with van der Waals surface area (Å²) in [5.41, 5.74) is 2.33. The van der Waals surface area contributed by atoms with Crippen molar-refractivity contribution in [2.45, 2.75) is 31.7 Å². The maximum absolute atomic E-state index is 12.6.